The van der Waals surface area contributed by atoms with E-state index in [2.05, 4.69) is 9.88 Å². The summed E-state index contributed by atoms with van der Waals surface area (Å²) in [5.74, 6) is 0.542. The van der Waals surface area contributed by atoms with Gasteiger partial charge >= 0.3 is 6.18 Å². The van der Waals surface area contributed by atoms with Gasteiger partial charge in [-0.3, -0.25) is 9.88 Å². The Labute approximate surface area is 230 Å². The van der Waals surface area contributed by atoms with Crippen molar-refractivity contribution in [2.75, 3.05) is 24.1 Å². The van der Waals surface area contributed by atoms with Gasteiger partial charge in [-0.25, -0.2) is 12.7 Å². The topological polar surface area (TPSA) is 62.7 Å². The van der Waals surface area contributed by atoms with Crippen LogP contribution in [0.4, 0.5) is 24.5 Å². The molecule has 4 rings (SSSR count). The van der Waals surface area contributed by atoms with E-state index in [1.165, 1.54) is 0 Å². The molecule has 4 aromatic rings. The van der Waals surface area contributed by atoms with E-state index in [1.807, 2.05) is 13.8 Å². The highest BCUT2D eigenvalue weighted by Gasteiger charge is 2.33. The number of nitrogens with zero attached hydrogens (tertiary/aromatic N) is 3. The average molecular weight is 578 g/mol. The minimum Gasteiger partial charge on any atom is -0.478 e. The number of halogens is 4. The Hall–Kier alpha value is -3.34. The van der Waals surface area contributed by atoms with Gasteiger partial charge in [-0.05, 0) is 92.8 Å². The van der Waals surface area contributed by atoms with Crippen LogP contribution in [0.5, 0.6) is 5.75 Å². The molecule has 0 aliphatic carbocycles. The molecule has 0 radical (unpaired) electrons. The van der Waals surface area contributed by atoms with Crippen LogP contribution < -0.4 is 9.04 Å². The van der Waals surface area contributed by atoms with Gasteiger partial charge in [-0.2, -0.15) is 13.2 Å². The van der Waals surface area contributed by atoms with E-state index in [0.717, 1.165) is 41.7 Å². The second kappa shape index (κ2) is 11.4. The summed E-state index contributed by atoms with van der Waals surface area (Å²) in [5.41, 5.74) is 0.621. The van der Waals surface area contributed by atoms with Crippen molar-refractivity contribution in [2.45, 2.75) is 31.8 Å². The molecule has 6 nitrogen and oxygen atoms in total. The predicted octanol–water partition coefficient (Wildman–Crippen LogP) is 7.42. The van der Waals surface area contributed by atoms with Gasteiger partial charge in [0.15, 0.2) is 0 Å². The van der Waals surface area contributed by atoms with Gasteiger partial charge < -0.3 is 4.74 Å². The fraction of sp³-hybridized carbons (Fsp3) is 0.250. The Morgan fingerprint density at radius 3 is 2.15 bits per heavy atom. The number of aryl methyl sites for hydroxylation is 1. The second-order valence-corrected chi connectivity index (χ2v) is 11.0. The van der Waals surface area contributed by atoms with E-state index in [4.69, 9.17) is 16.3 Å². The Bertz CT molecular complexity index is 1550. The number of fused-ring (bicyclic) bond motifs is 1. The first-order chi connectivity index (χ1) is 18.4. The number of ether oxygens (including phenoxy) is 1. The molecule has 1 heterocycles. The molecule has 0 bridgehead atoms. The first-order valence-corrected chi connectivity index (χ1v) is 14.0. The molecule has 0 N–H and O–H groups in total. The average Bonchev–Trinajstić information content (AvgIpc) is 2.89. The van der Waals surface area contributed by atoms with Gasteiger partial charge in [0.25, 0.3) is 10.0 Å². The summed E-state index contributed by atoms with van der Waals surface area (Å²) in [7, 11) is -4.38. The molecular formula is C28H27ClF3N3O3S. The molecule has 0 aliphatic rings. The number of pyridine rings is 1. The van der Waals surface area contributed by atoms with Crippen molar-refractivity contribution in [1.82, 2.24) is 9.88 Å². The molecule has 3 aromatic carbocycles. The quantitative estimate of drug-likeness (QED) is 0.194. The lowest BCUT2D eigenvalue weighted by Gasteiger charge is -2.27. The number of hydrogen-bond donors (Lipinski definition) is 0. The minimum absolute atomic E-state index is 0.270. The van der Waals surface area contributed by atoms with Crippen LogP contribution in [-0.4, -0.2) is 38.1 Å². The Morgan fingerprint density at radius 2 is 1.56 bits per heavy atom. The summed E-state index contributed by atoms with van der Waals surface area (Å²) in [6, 6.07) is 16.4. The Balaban J connectivity index is 1.85. The van der Waals surface area contributed by atoms with Gasteiger partial charge in [0, 0.05) is 16.1 Å². The summed E-state index contributed by atoms with van der Waals surface area (Å²) in [6.45, 7) is 7.76. The van der Waals surface area contributed by atoms with E-state index < -0.39 is 21.8 Å². The highest BCUT2D eigenvalue weighted by atomic mass is 35.5. The van der Waals surface area contributed by atoms with Gasteiger partial charge in [0.05, 0.1) is 27.4 Å². The highest BCUT2D eigenvalue weighted by Crippen LogP contribution is 2.39. The third kappa shape index (κ3) is 6.29. The second-order valence-electron chi connectivity index (χ2n) is 8.81. The van der Waals surface area contributed by atoms with E-state index in [9.17, 15) is 21.6 Å². The van der Waals surface area contributed by atoms with E-state index in [0.29, 0.717) is 34.1 Å². The van der Waals surface area contributed by atoms with Crippen molar-refractivity contribution in [1.29, 1.82) is 0 Å². The maximum Gasteiger partial charge on any atom is 0.416 e. The molecule has 0 spiro atoms. The molecule has 39 heavy (non-hydrogen) atoms. The third-order valence-electron chi connectivity index (χ3n) is 6.20. The normalized spacial score (nSPS) is 12.2. The smallest absolute Gasteiger partial charge is 0.416 e. The monoisotopic (exact) mass is 577 g/mol. The minimum atomic E-state index is -4.60. The lowest BCUT2D eigenvalue weighted by Crippen LogP contribution is -2.28. The molecule has 0 atom stereocenters. The van der Waals surface area contributed by atoms with Gasteiger partial charge in [-0.1, -0.05) is 25.4 Å². The zero-order valence-corrected chi connectivity index (χ0v) is 23.1. The Kier molecular flexibility index (Phi) is 8.39. The SMILES string of the molecule is CCN(CC)COc1ccc(N(c2cc(C)nc3cc(Cl)ccc23)S(=O)(=O)c2ccc(C(F)(F)F)cc2)cc1. The maximum absolute atomic E-state index is 14.1. The molecular weight excluding hydrogens is 551 g/mol. The zero-order chi connectivity index (χ0) is 28.4. The molecule has 0 saturated heterocycles. The molecule has 1 aromatic heterocycles. The number of benzene rings is 3. The summed E-state index contributed by atoms with van der Waals surface area (Å²) < 4.78 is 74.5. The van der Waals surface area contributed by atoms with Crippen molar-refractivity contribution in [3.8, 4) is 5.75 Å². The third-order valence-corrected chi connectivity index (χ3v) is 8.19. The fourth-order valence-electron chi connectivity index (χ4n) is 4.06. The van der Waals surface area contributed by atoms with Crippen LogP contribution in [0.1, 0.15) is 25.1 Å². The molecule has 0 aliphatic heterocycles. The number of sulfonamides is 1. The summed E-state index contributed by atoms with van der Waals surface area (Å²) in [6.07, 6.45) is -4.60. The van der Waals surface area contributed by atoms with Crippen LogP contribution in [0.25, 0.3) is 10.9 Å². The van der Waals surface area contributed by atoms with Crippen molar-refractivity contribution < 1.29 is 26.3 Å². The van der Waals surface area contributed by atoms with Crippen molar-refractivity contribution in [2.24, 2.45) is 0 Å². The van der Waals surface area contributed by atoms with Crippen molar-refractivity contribution >= 4 is 43.9 Å². The number of rotatable bonds is 9. The summed E-state index contributed by atoms with van der Waals surface area (Å²) >= 11 is 6.17. The van der Waals surface area contributed by atoms with Crippen LogP contribution in [0, 0.1) is 6.92 Å². The number of alkyl halides is 3. The van der Waals surface area contributed by atoms with Crippen LogP contribution >= 0.6 is 11.6 Å². The standard InChI is InChI=1S/C28H27ClF3N3O3S/c1-4-34(5-2)18-38-23-11-9-22(10-12-23)35(27-16-19(3)33-26-17-21(29)8-15-25(26)27)39(36,37)24-13-6-20(7-14-24)28(30,31)32/h6-17H,4-5,18H2,1-3H3. The number of hydrogen-bond acceptors (Lipinski definition) is 5. The van der Waals surface area contributed by atoms with Gasteiger partial charge in [-0.15, -0.1) is 0 Å². The molecule has 0 amide bonds. The summed E-state index contributed by atoms with van der Waals surface area (Å²) in [5, 5.41) is 0.931. The first-order valence-electron chi connectivity index (χ1n) is 12.2. The molecule has 206 valence electrons. The molecule has 0 unspecified atom stereocenters. The lowest BCUT2D eigenvalue weighted by molar-refractivity contribution is -0.137. The highest BCUT2D eigenvalue weighted by molar-refractivity contribution is 7.93. The fourth-order valence-corrected chi connectivity index (χ4v) is 5.72. The molecule has 0 fully saturated rings. The summed E-state index contributed by atoms with van der Waals surface area (Å²) in [4.78, 5) is 6.26. The predicted molar refractivity (Wildman–Crippen MR) is 147 cm³/mol. The van der Waals surface area contributed by atoms with Crippen molar-refractivity contribution in [3.63, 3.8) is 0 Å². The van der Waals surface area contributed by atoms with Crippen LogP contribution in [0.15, 0.2) is 77.7 Å². The van der Waals surface area contributed by atoms with Gasteiger partial charge in [0.2, 0.25) is 0 Å². The Morgan fingerprint density at radius 1 is 0.923 bits per heavy atom. The van der Waals surface area contributed by atoms with E-state index in [1.54, 1.807) is 55.5 Å². The maximum atomic E-state index is 14.1. The first kappa shape index (κ1) is 28.7. The van der Waals surface area contributed by atoms with Crippen LogP contribution in [0.2, 0.25) is 5.02 Å². The van der Waals surface area contributed by atoms with Crippen LogP contribution in [0.3, 0.4) is 0 Å². The number of aromatic nitrogens is 1. The molecule has 11 heteroatoms. The molecule has 0 saturated carbocycles. The van der Waals surface area contributed by atoms with Gasteiger partial charge in [0.1, 0.15) is 12.5 Å². The van der Waals surface area contributed by atoms with E-state index >= 15 is 0 Å². The lowest BCUT2D eigenvalue weighted by atomic mass is 10.1. The van der Waals surface area contributed by atoms with Crippen molar-refractivity contribution in [3.05, 3.63) is 89.1 Å². The van der Waals surface area contributed by atoms with Crippen LogP contribution in [-0.2, 0) is 16.2 Å². The van der Waals surface area contributed by atoms with E-state index in [-0.39, 0.29) is 16.3 Å². The zero-order valence-electron chi connectivity index (χ0n) is 21.5. The number of anilines is 2. The largest absolute Gasteiger partial charge is 0.478 e.